The van der Waals surface area contributed by atoms with Gasteiger partial charge in [0.05, 0.1) is 83.1 Å². The SMILES string of the molecule is CCCCCCCCCCCCCCCCCCCC[N+](C)(C)C.CCCCCCCCCCCCCCCCCCCC[N+](C)(C)C.CCCCCCCCCCCCCCCCCCCC[N+](C)(C)C.O=P([O-])([O-])[O-]. The maximum Gasteiger partial charge on any atom is 0.0780 e. The predicted octanol–water partition coefficient (Wildman–Crippen LogP) is 20.4. The molecule has 0 radical (unpaired) electrons. The van der Waals surface area contributed by atoms with Crippen molar-refractivity contribution in [1.82, 2.24) is 0 Å². The Labute approximate surface area is 488 Å². The second-order valence-electron chi connectivity index (χ2n) is 27.5. The van der Waals surface area contributed by atoms with Gasteiger partial charge in [0.15, 0.2) is 0 Å². The zero-order chi connectivity index (χ0) is 58.3. The summed E-state index contributed by atoms with van der Waals surface area (Å²) in [5.41, 5.74) is 0. The Kier molecular flexibility index (Phi) is 70.6. The molecule has 0 aromatic carbocycles. The molecule has 0 N–H and O–H groups in total. The smallest absolute Gasteiger partial charge is 0.0780 e. The van der Waals surface area contributed by atoms with E-state index in [4.69, 9.17) is 19.2 Å². The van der Waals surface area contributed by atoms with E-state index in [0.29, 0.717) is 0 Å². The summed E-state index contributed by atoms with van der Waals surface area (Å²) in [7, 11) is 15.3. The van der Waals surface area contributed by atoms with E-state index >= 15 is 0 Å². The Hall–Kier alpha value is -0.0100. The number of unbranched alkanes of at least 4 members (excludes halogenated alkanes) is 51. The van der Waals surface area contributed by atoms with Gasteiger partial charge in [-0.05, 0) is 38.5 Å². The molecular formula is C69H150N3O4P. The fourth-order valence-corrected chi connectivity index (χ4v) is 10.5. The second-order valence-corrected chi connectivity index (χ2v) is 28.4. The molecule has 0 unspecified atom stereocenters. The highest BCUT2D eigenvalue weighted by Gasteiger charge is 2.07. The lowest BCUT2D eigenvalue weighted by atomic mass is 10.0. The van der Waals surface area contributed by atoms with Crippen LogP contribution in [0.15, 0.2) is 0 Å². The van der Waals surface area contributed by atoms with Crippen LogP contribution >= 0.6 is 7.82 Å². The average Bonchev–Trinajstić information content (AvgIpc) is 3.34. The van der Waals surface area contributed by atoms with Crippen molar-refractivity contribution in [3.8, 4) is 0 Å². The largest absolute Gasteiger partial charge is 0.822 e. The molecule has 0 aliphatic heterocycles. The zero-order valence-electron chi connectivity index (χ0n) is 55.7. The van der Waals surface area contributed by atoms with Gasteiger partial charge in [-0.3, -0.25) is 0 Å². The van der Waals surface area contributed by atoms with E-state index in [0.717, 1.165) is 13.4 Å². The quantitative estimate of drug-likeness (QED) is 0.0345. The molecule has 77 heavy (non-hydrogen) atoms. The number of quaternary nitrogens is 3. The van der Waals surface area contributed by atoms with Gasteiger partial charge in [-0.1, -0.05) is 329 Å². The third kappa shape index (κ3) is 105. The van der Waals surface area contributed by atoms with Crippen molar-refractivity contribution in [2.24, 2.45) is 0 Å². The van der Waals surface area contributed by atoms with Crippen LogP contribution in [0.4, 0.5) is 0 Å². The van der Waals surface area contributed by atoms with Gasteiger partial charge in [-0.25, -0.2) is 0 Å². The minimum absolute atomic E-state index is 1.12. The van der Waals surface area contributed by atoms with Crippen LogP contribution in [0.2, 0.25) is 0 Å². The van der Waals surface area contributed by atoms with Crippen molar-refractivity contribution in [1.29, 1.82) is 0 Å². The summed E-state index contributed by atoms with van der Waals surface area (Å²) in [6.45, 7) is 10.9. The van der Waals surface area contributed by atoms with E-state index in [9.17, 15) is 0 Å². The minimum Gasteiger partial charge on any atom is -0.822 e. The van der Waals surface area contributed by atoms with Crippen LogP contribution in [0.1, 0.15) is 367 Å². The lowest BCUT2D eigenvalue weighted by Crippen LogP contribution is -2.35. The fourth-order valence-electron chi connectivity index (χ4n) is 10.5. The summed E-state index contributed by atoms with van der Waals surface area (Å²) >= 11 is 0. The van der Waals surface area contributed by atoms with E-state index in [-0.39, 0.29) is 0 Å². The van der Waals surface area contributed by atoms with E-state index < -0.39 is 7.82 Å². The van der Waals surface area contributed by atoms with Gasteiger partial charge < -0.3 is 32.7 Å². The normalized spacial score (nSPS) is 12.0. The molecule has 470 valence electrons. The van der Waals surface area contributed by atoms with Gasteiger partial charge >= 0.3 is 0 Å². The van der Waals surface area contributed by atoms with Gasteiger partial charge in [0, 0.05) is 0 Å². The van der Waals surface area contributed by atoms with Crippen molar-refractivity contribution in [3.63, 3.8) is 0 Å². The second kappa shape index (κ2) is 65.1. The van der Waals surface area contributed by atoms with Crippen molar-refractivity contribution in [2.45, 2.75) is 367 Å². The Morgan fingerprint density at radius 2 is 0.273 bits per heavy atom. The molecule has 0 saturated heterocycles. The number of hydrogen-bond acceptors (Lipinski definition) is 4. The van der Waals surface area contributed by atoms with Crippen LogP contribution in [0.3, 0.4) is 0 Å². The van der Waals surface area contributed by atoms with Crippen LogP contribution in [0.5, 0.6) is 0 Å². The molecule has 0 bridgehead atoms. The van der Waals surface area contributed by atoms with Crippen molar-refractivity contribution >= 4 is 7.82 Å². The molecule has 0 rings (SSSR count). The monoisotopic (exact) mass is 1120 g/mol. The first kappa shape index (κ1) is 83.4. The molecule has 7 nitrogen and oxygen atoms in total. The molecule has 0 aromatic heterocycles. The topological polar surface area (TPSA) is 86.2 Å². The molecule has 8 heteroatoms. The van der Waals surface area contributed by atoms with E-state index in [1.54, 1.807) is 0 Å². The summed E-state index contributed by atoms with van der Waals surface area (Å²) < 4.78 is 11.9. The lowest BCUT2D eigenvalue weighted by Gasteiger charge is -2.36. The maximum atomic E-state index is 8.55. The third-order valence-electron chi connectivity index (χ3n) is 15.5. The molecule has 0 aromatic rings. The fraction of sp³-hybridized carbons (Fsp3) is 1.00. The Bertz CT molecular complexity index is 970. The molecule has 0 aliphatic rings. The van der Waals surface area contributed by atoms with Crippen LogP contribution in [-0.4, -0.2) is 96.5 Å². The minimum atomic E-state index is -5.39. The number of rotatable bonds is 57. The molecule has 0 spiro atoms. The van der Waals surface area contributed by atoms with E-state index in [1.807, 2.05) is 0 Å². The Balaban J connectivity index is -0.000000495. The molecule has 0 amide bonds. The molecule has 0 aliphatic carbocycles. The lowest BCUT2D eigenvalue weighted by molar-refractivity contribution is -0.870. The number of hydrogen-bond donors (Lipinski definition) is 0. The third-order valence-corrected chi connectivity index (χ3v) is 15.5. The molecule has 0 heterocycles. The molecule has 0 saturated carbocycles. The van der Waals surface area contributed by atoms with Crippen LogP contribution in [-0.2, 0) is 4.57 Å². The van der Waals surface area contributed by atoms with Gasteiger partial charge in [0.25, 0.3) is 0 Å². The maximum absolute atomic E-state index is 8.55. The van der Waals surface area contributed by atoms with Crippen molar-refractivity contribution < 1.29 is 32.7 Å². The first-order valence-electron chi connectivity index (χ1n) is 34.8. The van der Waals surface area contributed by atoms with Gasteiger partial charge in [0.2, 0.25) is 0 Å². The Morgan fingerprint density at radius 1 is 0.195 bits per heavy atom. The van der Waals surface area contributed by atoms with E-state index in [1.165, 1.54) is 366 Å². The number of phosphoric acid groups is 1. The highest BCUT2D eigenvalue weighted by atomic mass is 31.2. The molecular weight excluding hydrogens is 966 g/mol. The standard InChI is InChI=1S/3C23H50N.H3O4P/c3*1-5-6-7-8-9-10-11-12-13-14-15-16-17-18-19-20-21-22-23-24(2,3)4;1-5(2,3)4/h3*5-23H2,1-4H3;(H3,1,2,3,4)/q3*+1;/p-3. The first-order chi connectivity index (χ1) is 36.7. The van der Waals surface area contributed by atoms with Crippen molar-refractivity contribution in [2.75, 3.05) is 83.1 Å². The van der Waals surface area contributed by atoms with E-state index in [2.05, 4.69) is 84.2 Å². The van der Waals surface area contributed by atoms with Gasteiger partial charge in [-0.15, -0.1) is 0 Å². The predicted molar refractivity (Wildman–Crippen MR) is 343 cm³/mol. The average molecular weight is 1120 g/mol. The summed E-state index contributed by atoms with van der Waals surface area (Å²) in [6, 6.07) is 0. The summed E-state index contributed by atoms with van der Waals surface area (Å²) in [5, 5.41) is 0. The number of nitrogens with zero attached hydrogens (tertiary/aromatic N) is 3. The molecule has 0 fully saturated rings. The van der Waals surface area contributed by atoms with Crippen LogP contribution in [0.25, 0.3) is 0 Å². The van der Waals surface area contributed by atoms with Gasteiger partial charge in [0.1, 0.15) is 0 Å². The summed E-state index contributed by atoms with van der Waals surface area (Å²) in [4.78, 5) is 25.6. The summed E-state index contributed by atoms with van der Waals surface area (Å²) in [6.07, 6.45) is 79.0. The highest BCUT2D eigenvalue weighted by molar-refractivity contribution is 7.40. The first-order valence-corrected chi connectivity index (χ1v) is 36.3. The zero-order valence-corrected chi connectivity index (χ0v) is 56.6. The van der Waals surface area contributed by atoms with Gasteiger partial charge in [-0.2, -0.15) is 7.82 Å². The van der Waals surface area contributed by atoms with Crippen LogP contribution in [0, 0.1) is 0 Å². The molecule has 0 atom stereocenters. The summed E-state index contributed by atoms with van der Waals surface area (Å²) in [5.74, 6) is 0. The van der Waals surface area contributed by atoms with Crippen molar-refractivity contribution in [3.05, 3.63) is 0 Å². The highest BCUT2D eigenvalue weighted by Crippen LogP contribution is 2.18. The Morgan fingerprint density at radius 3 is 0.351 bits per heavy atom. The van der Waals surface area contributed by atoms with Crippen LogP contribution < -0.4 is 14.7 Å².